The van der Waals surface area contributed by atoms with Crippen molar-refractivity contribution in [1.29, 1.82) is 0 Å². The van der Waals surface area contributed by atoms with E-state index in [0.717, 1.165) is 11.8 Å². The lowest BCUT2D eigenvalue weighted by atomic mass is 10.2. The first-order valence-corrected chi connectivity index (χ1v) is 4.48. The van der Waals surface area contributed by atoms with Crippen molar-refractivity contribution >= 4 is 6.29 Å². The number of hydrogen-bond donors (Lipinski definition) is 1. The molecule has 1 aromatic heterocycles. The summed E-state index contributed by atoms with van der Waals surface area (Å²) in [5, 5.41) is 9.14. The van der Waals surface area contributed by atoms with Crippen LogP contribution in [0.1, 0.15) is 10.5 Å². The highest BCUT2D eigenvalue weighted by Gasteiger charge is 2.07. The van der Waals surface area contributed by atoms with Crippen LogP contribution in [0.2, 0.25) is 0 Å². The topological polar surface area (TPSA) is 55.1 Å². The summed E-state index contributed by atoms with van der Waals surface area (Å²) in [5.41, 5.74) is 1.39. The molecule has 0 saturated heterocycles. The van der Waals surface area contributed by atoms with E-state index in [9.17, 15) is 4.79 Å². The first-order chi connectivity index (χ1) is 7.22. The second-order valence-corrected chi connectivity index (χ2v) is 3.23. The van der Waals surface area contributed by atoms with Crippen LogP contribution in [0.15, 0.2) is 30.5 Å². The Morgan fingerprint density at radius 2 is 2.00 bits per heavy atom. The van der Waals surface area contributed by atoms with E-state index in [0.29, 0.717) is 11.5 Å². The first kappa shape index (κ1) is 9.45. The molecule has 76 valence electrons. The van der Waals surface area contributed by atoms with E-state index in [1.54, 1.807) is 35.9 Å². The summed E-state index contributed by atoms with van der Waals surface area (Å²) in [6.07, 6.45) is 2.28. The first-order valence-electron chi connectivity index (χ1n) is 4.48. The molecule has 0 atom stereocenters. The molecule has 2 rings (SSSR count). The number of aromatic nitrogens is 2. The maximum Gasteiger partial charge on any atom is 0.168 e. The van der Waals surface area contributed by atoms with Crippen molar-refractivity contribution in [2.75, 3.05) is 0 Å². The maximum atomic E-state index is 10.6. The van der Waals surface area contributed by atoms with E-state index < -0.39 is 0 Å². The van der Waals surface area contributed by atoms with Crippen LogP contribution in [0.4, 0.5) is 0 Å². The van der Waals surface area contributed by atoms with E-state index in [1.165, 1.54) is 6.20 Å². The van der Waals surface area contributed by atoms with Crippen molar-refractivity contribution in [3.8, 4) is 17.1 Å². The zero-order valence-electron chi connectivity index (χ0n) is 8.21. The number of phenolic OH excluding ortho intramolecular Hbond substituents is 1. The smallest absolute Gasteiger partial charge is 0.168 e. The number of imidazole rings is 1. The van der Waals surface area contributed by atoms with Gasteiger partial charge in [0.1, 0.15) is 17.3 Å². The Bertz CT molecular complexity index is 486. The Kier molecular flexibility index (Phi) is 2.25. The molecule has 1 N–H and O–H groups in total. The molecule has 0 saturated carbocycles. The van der Waals surface area contributed by atoms with Crippen molar-refractivity contribution in [2.45, 2.75) is 0 Å². The van der Waals surface area contributed by atoms with Gasteiger partial charge in [0.05, 0.1) is 6.20 Å². The van der Waals surface area contributed by atoms with Gasteiger partial charge in [-0.1, -0.05) is 0 Å². The number of aromatic hydroxyl groups is 1. The van der Waals surface area contributed by atoms with Gasteiger partial charge in [0.15, 0.2) is 6.29 Å². The second kappa shape index (κ2) is 3.57. The van der Waals surface area contributed by atoms with E-state index in [2.05, 4.69) is 4.98 Å². The van der Waals surface area contributed by atoms with Crippen LogP contribution < -0.4 is 0 Å². The number of aldehydes is 1. The van der Waals surface area contributed by atoms with Crippen molar-refractivity contribution in [3.05, 3.63) is 36.2 Å². The van der Waals surface area contributed by atoms with Crippen molar-refractivity contribution < 1.29 is 9.90 Å². The maximum absolute atomic E-state index is 10.6. The number of hydrogen-bond acceptors (Lipinski definition) is 3. The third-order valence-corrected chi connectivity index (χ3v) is 2.27. The number of carbonyl (C=O) groups excluding carboxylic acids is 1. The van der Waals surface area contributed by atoms with E-state index >= 15 is 0 Å². The summed E-state index contributed by atoms with van der Waals surface area (Å²) in [4.78, 5) is 14.8. The predicted octanol–water partition coefficient (Wildman–Crippen LogP) is 1.61. The molecule has 0 aliphatic heterocycles. The number of benzene rings is 1. The lowest BCUT2D eigenvalue weighted by Crippen LogP contribution is -1.96. The Balaban J connectivity index is 2.49. The average molecular weight is 202 g/mol. The van der Waals surface area contributed by atoms with Crippen LogP contribution in [0.5, 0.6) is 5.75 Å². The van der Waals surface area contributed by atoms with Crippen LogP contribution in [-0.2, 0) is 7.05 Å². The quantitative estimate of drug-likeness (QED) is 0.752. The number of nitrogens with zero attached hydrogens (tertiary/aromatic N) is 2. The van der Waals surface area contributed by atoms with Crippen LogP contribution in [0.3, 0.4) is 0 Å². The molecule has 0 amide bonds. The monoisotopic (exact) mass is 202 g/mol. The molecule has 2 aromatic rings. The van der Waals surface area contributed by atoms with Gasteiger partial charge in [-0.25, -0.2) is 4.98 Å². The molecular formula is C11H10N2O2. The Morgan fingerprint density at radius 1 is 1.33 bits per heavy atom. The van der Waals surface area contributed by atoms with Gasteiger partial charge in [0, 0.05) is 12.6 Å². The highest BCUT2D eigenvalue weighted by atomic mass is 16.3. The second-order valence-electron chi connectivity index (χ2n) is 3.23. The number of carbonyl (C=O) groups is 1. The third-order valence-electron chi connectivity index (χ3n) is 2.27. The van der Waals surface area contributed by atoms with Crippen LogP contribution in [0.25, 0.3) is 11.4 Å². The summed E-state index contributed by atoms with van der Waals surface area (Å²) in [5.74, 6) is 0.917. The fraction of sp³-hybridized carbons (Fsp3) is 0.0909. The van der Waals surface area contributed by atoms with Gasteiger partial charge in [-0.05, 0) is 24.3 Å². The van der Waals surface area contributed by atoms with Gasteiger partial charge in [-0.15, -0.1) is 0 Å². The molecule has 1 aromatic carbocycles. The van der Waals surface area contributed by atoms with Crippen LogP contribution >= 0.6 is 0 Å². The fourth-order valence-corrected chi connectivity index (χ4v) is 1.41. The summed E-state index contributed by atoms with van der Waals surface area (Å²) in [6, 6.07) is 6.69. The Hall–Kier alpha value is -2.10. The minimum atomic E-state index is 0.212. The molecule has 1 heterocycles. The lowest BCUT2D eigenvalue weighted by molar-refractivity contribution is 0.111. The van der Waals surface area contributed by atoms with Gasteiger partial charge >= 0.3 is 0 Å². The Morgan fingerprint density at radius 3 is 2.53 bits per heavy atom. The normalized spacial score (nSPS) is 10.2. The van der Waals surface area contributed by atoms with Gasteiger partial charge < -0.3 is 9.67 Å². The van der Waals surface area contributed by atoms with Gasteiger partial charge in [-0.2, -0.15) is 0 Å². The van der Waals surface area contributed by atoms with Crippen LogP contribution in [0, 0.1) is 0 Å². The predicted molar refractivity (Wildman–Crippen MR) is 55.7 cm³/mol. The average Bonchev–Trinajstić information content (AvgIpc) is 2.61. The van der Waals surface area contributed by atoms with E-state index in [-0.39, 0.29) is 5.75 Å². The molecule has 4 heteroatoms. The summed E-state index contributed by atoms with van der Waals surface area (Å²) in [6.45, 7) is 0. The summed E-state index contributed by atoms with van der Waals surface area (Å²) >= 11 is 0. The minimum absolute atomic E-state index is 0.212. The summed E-state index contributed by atoms with van der Waals surface area (Å²) in [7, 11) is 1.78. The largest absolute Gasteiger partial charge is 0.508 e. The van der Waals surface area contributed by atoms with Gasteiger partial charge in [0.2, 0.25) is 0 Å². The SMILES string of the molecule is Cn1c(C=O)cnc1-c1ccc(O)cc1. The highest BCUT2D eigenvalue weighted by Crippen LogP contribution is 2.20. The van der Waals surface area contributed by atoms with Crippen molar-refractivity contribution in [3.63, 3.8) is 0 Å². The zero-order valence-corrected chi connectivity index (χ0v) is 8.21. The highest BCUT2D eigenvalue weighted by molar-refractivity contribution is 5.74. The molecule has 0 aliphatic carbocycles. The Labute approximate surface area is 86.8 Å². The molecule has 0 radical (unpaired) electrons. The van der Waals surface area contributed by atoms with E-state index in [1.807, 2.05) is 0 Å². The molecule has 0 fully saturated rings. The molecule has 15 heavy (non-hydrogen) atoms. The number of phenols is 1. The van der Waals surface area contributed by atoms with Gasteiger partial charge in [0.25, 0.3) is 0 Å². The zero-order chi connectivity index (χ0) is 10.8. The molecule has 0 aliphatic rings. The fourth-order valence-electron chi connectivity index (χ4n) is 1.41. The molecule has 4 nitrogen and oxygen atoms in total. The van der Waals surface area contributed by atoms with Crippen molar-refractivity contribution in [1.82, 2.24) is 9.55 Å². The molecule has 0 unspecified atom stereocenters. The van der Waals surface area contributed by atoms with Crippen LogP contribution in [-0.4, -0.2) is 20.9 Å². The number of rotatable bonds is 2. The standard InChI is InChI=1S/C11H10N2O2/c1-13-9(7-14)6-12-11(13)8-2-4-10(15)5-3-8/h2-7,15H,1H3. The minimum Gasteiger partial charge on any atom is -0.508 e. The third kappa shape index (κ3) is 1.61. The molecular weight excluding hydrogens is 192 g/mol. The lowest BCUT2D eigenvalue weighted by Gasteiger charge is -2.02. The molecule has 0 spiro atoms. The van der Waals surface area contributed by atoms with Crippen molar-refractivity contribution in [2.24, 2.45) is 7.05 Å². The van der Waals surface area contributed by atoms with Gasteiger partial charge in [-0.3, -0.25) is 4.79 Å². The molecule has 0 bridgehead atoms. The summed E-state index contributed by atoms with van der Waals surface area (Å²) < 4.78 is 1.71. The van der Waals surface area contributed by atoms with E-state index in [4.69, 9.17) is 5.11 Å².